The van der Waals surface area contributed by atoms with Gasteiger partial charge in [0.1, 0.15) is 0 Å². The summed E-state index contributed by atoms with van der Waals surface area (Å²) >= 11 is 0. The topological polar surface area (TPSA) is 32.3 Å². The van der Waals surface area contributed by atoms with Gasteiger partial charge < -0.3 is 10.4 Å². The van der Waals surface area contributed by atoms with Crippen LogP contribution < -0.4 is 5.32 Å². The summed E-state index contributed by atoms with van der Waals surface area (Å²) in [5.74, 6) is 0. The Morgan fingerprint density at radius 1 is 1.28 bits per heavy atom. The van der Waals surface area contributed by atoms with E-state index in [1.165, 1.54) is 17.5 Å². The molecule has 1 aliphatic rings. The summed E-state index contributed by atoms with van der Waals surface area (Å²) in [6, 6.07) is 9.68. The van der Waals surface area contributed by atoms with Gasteiger partial charge >= 0.3 is 0 Å². The zero-order valence-electron chi connectivity index (χ0n) is 11.5. The Labute approximate surface area is 110 Å². The minimum atomic E-state index is -0.105. The number of aryl methyl sites for hydroxylation is 1. The number of hydrogen-bond donors (Lipinski definition) is 2. The molecule has 1 aromatic carbocycles. The molecule has 0 aliphatic heterocycles. The van der Waals surface area contributed by atoms with Gasteiger partial charge in [-0.05, 0) is 44.6 Å². The zero-order chi connectivity index (χ0) is 13.0. The predicted molar refractivity (Wildman–Crippen MR) is 75.6 cm³/mol. The molecule has 0 radical (unpaired) electrons. The monoisotopic (exact) mass is 247 g/mol. The van der Waals surface area contributed by atoms with Crippen molar-refractivity contribution in [3.05, 3.63) is 35.4 Å². The average Bonchev–Trinajstić information content (AvgIpc) is 2.37. The standard InChI is InChI=1S/C16H25NO/c1-3-16(13-9-7-12(2)8-10-13)17-14-5-4-6-15(18)11-14/h7-10,14-18H,3-6,11H2,1-2H3. The summed E-state index contributed by atoms with van der Waals surface area (Å²) in [6.07, 6.45) is 5.20. The third kappa shape index (κ3) is 3.56. The SMILES string of the molecule is CCC(NC1CCCC(O)C1)c1ccc(C)cc1. The summed E-state index contributed by atoms with van der Waals surface area (Å²) in [5, 5.41) is 13.4. The number of benzene rings is 1. The molecule has 0 spiro atoms. The van der Waals surface area contributed by atoms with Gasteiger partial charge in [0.25, 0.3) is 0 Å². The molecule has 0 amide bonds. The molecule has 3 atom stereocenters. The molecule has 0 heterocycles. The summed E-state index contributed by atoms with van der Waals surface area (Å²) in [4.78, 5) is 0. The summed E-state index contributed by atoms with van der Waals surface area (Å²) in [7, 11) is 0. The lowest BCUT2D eigenvalue weighted by Crippen LogP contribution is -2.38. The quantitative estimate of drug-likeness (QED) is 0.855. The van der Waals surface area contributed by atoms with Gasteiger partial charge in [0.2, 0.25) is 0 Å². The first-order chi connectivity index (χ1) is 8.69. The molecule has 2 N–H and O–H groups in total. The molecule has 18 heavy (non-hydrogen) atoms. The van der Waals surface area contributed by atoms with Crippen LogP contribution in [0.2, 0.25) is 0 Å². The van der Waals surface area contributed by atoms with Crippen molar-refractivity contribution in [3.8, 4) is 0 Å². The third-order valence-corrected chi connectivity index (χ3v) is 3.97. The maximum absolute atomic E-state index is 9.73. The highest BCUT2D eigenvalue weighted by atomic mass is 16.3. The highest BCUT2D eigenvalue weighted by Gasteiger charge is 2.22. The first-order valence-corrected chi connectivity index (χ1v) is 7.19. The van der Waals surface area contributed by atoms with Gasteiger partial charge in [-0.25, -0.2) is 0 Å². The number of nitrogens with one attached hydrogen (secondary N) is 1. The van der Waals surface area contributed by atoms with Crippen molar-refractivity contribution in [2.24, 2.45) is 0 Å². The fourth-order valence-electron chi connectivity index (χ4n) is 2.85. The van der Waals surface area contributed by atoms with Crippen molar-refractivity contribution in [1.82, 2.24) is 5.32 Å². The van der Waals surface area contributed by atoms with E-state index >= 15 is 0 Å². The molecule has 1 fully saturated rings. The van der Waals surface area contributed by atoms with Gasteiger partial charge in [-0.1, -0.05) is 36.8 Å². The Hall–Kier alpha value is -0.860. The zero-order valence-corrected chi connectivity index (χ0v) is 11.5. The number of aliphatic hydroxyl groups excluding tert-OH is 1. The van der Waals surface area contributed by atoms with E-state index in [1.54, 1.807) is 0 Å². The summed E-state index contributed by atoms with van der Waals surface area (Å²) in [5.41, 5.74) is 2.67. The lowest BCUT2D eigenvalue weighted by Gasteiger charge is -2.30. The van der Waals surface area contributed by atoms with Crippen LogP contribution in [0.4, 0.5) is 0 Å². The Morgan fingerprint density at radius 3 is 2.61 bits per heavy atom. The maximum atomic E-state index is 9.73. The molecular weight excluding hydrogens is 222 g/mol. The highest BCUT2D eigenvalue weighted by Crippen LogP contribution is 2.24. The van der Waals surface area contributed by atoms with E-state index in [-0.39, 0.29) is 6.10 Å². The molecule has 3 unspecified atom stereocenters. The third-order valence-electron chi connectivity index (χ3n) is 3.97. The second-order valence-electron chi connectivity index (χ2n) is 5.56. The van der Waals surface area contributed by atoms with Crippen molar-refractivity contribution < 1.29 is 5.11 Å². The van der Waals surface area contributed by atoms with Gasteiger partial charge in [0.15, 0.2) is 0 Å². The van der Waals surface area contributed by atoms with E-state index in [2.05, 4.69) is 43.4 Å². The normalized spacial score (nSPS) is 25.9. The second-order valence-corrected chi connectivity index (χ2v) is 5.56. The lowest BCUT2D eigenvalue weighted by molar-refractivity contribution is 0.108. The molecule has 1 saturated carbocycles. The van der Waals surface area contributed by atoms with Crippen LogP contribution in [0, 0.1) is 6.92 Å². The summed E-state index contributed by atoms with van der Waals surface area (Å²) < 4.78 is 0. The van der Waals surface area contributed by atoms with Crippen molar-refractivity contribution in [2.75, 3.05) is 0 Å². The van der Waals surface area contributed by atoms with E-state index in [1.807, 2.05) is 0 Å². The molecule has 0 aromatic heterocycles. The molecular formula is C16H25NO. The van der Waals surface area contributed by atoms with Crippen LogP contribution in [0.15, 0.2) is 24.3 Å². The average molecular weight is 247 g/mol. The Bertz CT molecular complexity index is 360. The predicted octanol–water partition coefficient (Wildman–Crippen LogP) is 3.34. The molecule has 1 aliphatic carbocycles. The van der Waals surface area contributed by atoms with Crippen LogP contribution in [-0.2, 0) is 0 Å². The van der Waals surface area contributed by atoms with E-state index in [9.17, 15) is 5.11 Å². The van der Waals surface area contributed by atoms with Crippen LogP contribution in [0.3, 0.4) is 0 Å². The molecule has 100 valence electrons. The second kappa shape index (κ2) is 6.35. The van der Waals surface area contributed by atoms with Crippen molar-refractivity contribution in [1.29, 1.82) is 0 Å². The maximum Gasteiger partial charge on any atom is 0.0555 e. The fourth-order valence-corrected chi connectivity index (χ4v) is 2.85. The smallest absolute Gasteiger partial charge is 0.0555 e. The van der Waals surface area contributed by atoms with E-state index in [0.717, 1.165) is 25.7 Å². The lowest BCUT2D eigenvalue weighted by atomic mass is 9.91. The van der Waals surface area contributed by atoms with Crippen LogP contribution in [0.25, 0.3) is 0 Å². The van der Waals surface area contributed by atoms with Crippen LogP contribution in [0.5, 0.6) is 0 Å². The molecule has 0 bridgehead atoms. The Kier molecular flexibility index (Phi) is 4.79. The van der Waals surface area contributed by atoms with Crippen molar-refractivity contribution >= 4 is 0 Å². The van der Waals surface area contributed by atoms with Crippen LogP contribution in [-0.4, -0.2) is 17.3 Å². The van der Waals surface area contributed by atoms with Crippen LogP contribution >= 0.6 is 0 Å². The first kappa shape index (κ1) is 13.6. The molecule has 2 rings (SSSR count). The number of rotatable bonds is 4. The van der Waals surface area contributed by atoms with Gasteiger partial charge in [0, 0.05) is 12.1 Å². The minimum absolute atomic E-state index is 0.105. The van der Waals surface area contributed by atoms with E-state index in [4.69, 9.17) is 0 Å². The summed E-state index contributed by atoms with van der Waals surface area (Å²) in [6.45, 7) is 4.34. The van der Waals surface area contributed by atoms with E-state index in [0.29, 0.717) is 12.1 Å². The Balaban J connectivity index is 1.98. The highest BCUT2D eigenvalue weighted by molar-refractivity contribution is 5.24. The van der Waals surface area contributed by atoms with Gasteiger partial charge in [-0.15, -0.1) is 0 Å². The van der Waals surface area contributed by atoms with Crippen molar-refractivity contribution in [2.45, 2.75) is 64.1 Å². The molecule has 1 aromatic rings. The fraction of sp³-hybridized carbons (Fsp3) is 0.625. The minimum Gasteiger partial charge on any atom is -0.393 e. The molecule has 0 saturated heterocycles. The number of hydrogen-bond acceptors (Lipinski definition) is 2. The van der Waals surface area contributed by atoms with Gasteiger partial charge in [-0.3, -0.25) is 0 Å². The largest absolute Gasteiger partial charge is 0.393 e. The molecule has 2 heteroatoms. The molecule has 2 nitrogen and oxygen atoms in total. The van der Waals surface area contributed by atoms with Crippen molar-refractivity contribution in [3.63, 3.8) is 0 Å². The number of aliphatic hydroxyl groups is 1. The van der Waals surface area contributed by atoms with E-state index < -0.39 is 0 Å². The first-order valence-electron chi connectivity index (χ1n) is 7.19. The van der Waals surface area contributed by atoms with Gasteiger partial charge in [0.05, 0.1) is 6.10 Å². The Morgan fingerprint density at radius 2 is 2.00 bits per heavy atom. The van der Waals surface area contributed by atoms with Gasteiger partial charge in [-0.2, -0.15) is 0 Å². The van der Waals surface area contributed by atoms with Crippen LogP contribution in [0.1, 0.15) is 56.2 Å².